The Morgan fingerprint density at radius 2 is 2.30 bits per heavy atom. The van der Waals surface area contributed by atoms with E-state index in [-0.39, 0.29) is 12.1 Å². The molecule has 1 heterocycles. The second-order valence-corrected chi connectivity index (χ2v) is 5.07. The van der Waals surface area contributed by atoms with Crippen molar-refractivity contribution < 1.29 is 19.1 Å². The number of nitrogens with one attached hydrogen (secondary N) is 1. The van der Waals surface area contributed by atoms with E-state index in [1.165, 1.54) is 0 Å². The number of carbonyl (C=O) groups excluding carboxylic acids is 1. The molecule has 0 aromatic carbocycles. The summed E-state index contributed by atoms with van der Waals surface area (Å²) >= 11 is 0. The molecule has 1 fully saturated rings. The van der Waals surface area contributed by atoms with E-state index in [1.807, 2.05) is 13.0 Å². The lowest BCUT2D eigenvalue weighted by Crippen LogP contribution is -2.48. The summed E-state index contributed by atoms with van der Waals surface area (Å²) in [5, 5.41) is 11.7. The summed E-state index contributed by atoms with van der Waals surface area (Å²) < 4.78 is 5.25. The van der Waals surface area contributed by atoms with E-state index < -0.39 is 12.0 Å². The molecule has 6 heteroatoms. The van der Waals surface area contributed by atoms with Crippen molar-refractivity contribution in [2.24, 2.45) is 0 Å². The number of carbonyl (C=O) groups is 2. The molecule has 110 valence electrons. The molecular formula is C14H20N2O4. The van der Waals surface area contributed by atoms with E-state index in [2.05, 4.69) is 5.32 Å². The molecular weight excluding hydrogens is 260 g/mol. The Morgan fingerprint density at radius 3 is 2.80 bits per heavy atom. The fraction of sp³-hybridized carbons (Fsp3) is 0.571. The quantitative estimate of drug-likeness (QED) is 0.802. The van der Waals surface area contributed by atoms with Gasteiger partial charge in [0.2, 0.25) is 0 Å². The largest absolute Gasteiger partial charge is 0.480 e. The fourth-order valence-corrected chi connectivity index (χ4v) is 2.10. The minimum Gasteiger partial charge on any atom is -0.480 e. The third-order valence-corrected chi connectivity index (χ3v) is 3.33. The summed E-state index contributed by atoms with van der Waals surface area (Å²) in [6.07, 6.45) is 4.62. The van der Waals surface area contributed by atoms with Gasteiger partial charge in [-0.1, -0.05) is 13.3 Å². The summed E-state index contributed by atoms with van der Waals surface area (Å²) in [4.78, 5) is 25.0. The van der Waals surface area contributed by atoms with Crippen molar-refractivity contribution in [1.29, 1.82) is 0 Å². The second-order valence-electron chi connectivity index (χ2n) is 5.07. The van der Waals surface area contributed by atoms with E-state index in [1.54, 1.807) is 17.2 Å². The van der Waals surface area contributed by atoms with Gasteiger partial charge in [-0.2, -0.15) is 0 Å². The van der Waals surface area contributed by atoms with Crippen LogP contribution in [-0.4, -0.2) is 34.1 Å². The van der Waals surface area contributed by atoms with Crippen LogP contribution in [0.2, 0.25) is 0 Å². The summed E-state index contributed by atoms with van der Waals surface area (Å²) in [5.74, 6) is -0.289. The third kappa shape index (κ3) is 3.76. The van der Waals surface area contributed by atoms with Gasteiger partial charge in [-0.15, -0.1) is 0 Å². The summed E-state index contributed by atoms with van der Waals surface area (Å²) in [6.45, 7) is 2.27. The van der Waals surface area contributed by atoms with Crippen molar-refractivity contribution >= 4 is 12.0 Å². The molecule has 0 bridgehead atoms. The first-order valence-corrected chi connectivity index (χ1v) is 6.94. The van der Waals surface area contributed by atoms with Gasteiger partial charge in [0, 0.05) is 6.04 Å². The number of amides is 2. The minimum absolute atomic E-state index is 0.191. The number of urea groups is 1. The van der Waals surface area contributed by atoms with E-state index in [9.17, 15) is 9.59 Å². The van der Waals surface area contributed by atoms with Gasteiger partial charge in [-0.3, -0.25) is 0 Å². The first kappa shape index (κ1) is 14.4. The van der Waals surface area contributed by atoms with Crippen LogP contribution in [0, 0.1) is 0 Å². The summed E-state index contributed by atoms with van der Waals surface area (Å²) in [7, 11) is 0. The Bertz CT molecular complexity index is 454. The predicted octanol–water partition coefficient (Wildman–Crippen LogP) is 2.21. The van der Waals surface area contributed by atoms with Crippen LogP contribution in [0.1, 0.15) is 38.4 Å². The summed E-state index contributed by atoms with van der Waals surface area (Å²) in [6, 6.07) is 2.62. The Labute approximate surface area is 117 Å². The first-order valence-electron chi connectivity index (χ1n) is 6.94. The third-order valence-electron chi connectivity index (χ3n) is 3.33. The van der Waals surface area contributed by atoms with Gasteiger partial charge in [0.05, 0.1) is 12.8 Å². The minimum atomic E-state index is -0.992. The molecule has 20 heavy (non-hydrogen) atoms. The highest BCUT2D eigenvalue weighted by Gasteiger charge is 2.34. The van der Waals surface area contributed by atoms with Crippen molar-refractivity contribution in [2.75, 3.05) is 0 Å². The molecule has 1 aromatic heterocycles. The molecule has 6 nitrogen and oxygen atoms in total. The number of furan rings is 1. The van der Waals surface area contributed by atoms with Gasteiger partial charge in [-0.25, -0.2) is 9.59 Å². The molecule has 0 spiro atoms. The monoisotopic (exact) mass is 280 g/mol. The van der Waals surface area contributed by atoms with Crippen LogP contribution < -0.4 is 5.32 Å². The van der Waals surface area contributed by atoms with Crippen molar-refractivity contribution in [2.45, 2.75) is 51.2 Å². The zero-order valence-electron chi connectivity index (χ0n) is 11.5. The van der Waals surface area contributed by atoms with E-state index in [0.717, 1.165) is 12.8 Å². The van der Waals surface area contributed by atoms with Gasteiger partial charge >= 0.3 is 12.0 Å². The zero-order valence-corrected chi connectivity index (χ0v) is 11.5. The Hall–Kier alpha value is -1.98. The van der Waals surface area contributed by atoms with Crippen LogP contribution in [0.25, 0.3) is 0 Å². The maximum atomic E-state index is 12.3. The highest BCUT2D eigenvalue weighted by molar-refractivity contribution is 5.82. The molecule has 1 atom stereocenters. The van der Waals surface area contributed by atoms with Crippen LogP contribution in [0.15, 0.2) is 22.8 Å². The molecule has 0 aliphatic heterocycles. The number of rotatable bonds is 7. The van der Waals surface area contributed by atoms with Crippen molar-refractivity contribution in [3.8, 4) is 0 Å². The van der Waals surface area contributed by atoms with Crippen LogP contribution in [0.4, 0.5) is 4.79 Å². The smallest absolute Gasteiger partial charge is 0.326 e. The normalized spacial score (nSPS) is 15.7. The Balaban J connectivity index is 1.97. The van der Waals surface area contributed by atoms with Gasteiger partial charge < -0.3 is 19.7 Å². The molecule has 2 amide bonds. The summed E-state index contributed by atoms with van der Waals surface area (Å²) in [5.41, 5.74) is 0. The fourth-order valence-electron chi connectivity index (χ4n) is 2.10. The predicted molar refractivity (Wildman–Crippen MR) is 72.1 cm³/mol. The zero-order chi connectivity index (χ0) is 14.5. The average molecular weight is 280 g/mol. The van der Waals surface area contributed by atoms with Crippen LogP contribution >= 0.6 is 0 Å². The highest BCUT2D eigenvalue weighted by atomic mass is 16.4. The van der Waals surface area contributed by atoms with E-state index in [4.69, 9.17) is 9.52 Å². The second kappa shape index (κ2) is 6.45. The maximum absolute atomic E-state index is 12.3. The maximum Gasteiger partial charge on any atom is 0.326 e. The molecule has 1 saturated carbocycles. The number of aliphatic carboxylic acids is 1. The van der Waals surface area contributed by atoms with Crippen molar-refractivity contribution in [1.82, 2.24) is 10.2 Å². The molecule has 1 unspecified atom stereocenters. The average Bonchev–Trinajstić information content (AvgIpc) is 3.12. The topological polar surface area (TPSA) is 82.8 Å². The number of hydrogen-bond acceptors (Lipinski definition) is 3. The van der Waals surface area contributed by atoms with Crippen molar-refractivity contribution in [3.05, 3.63) is 24.2 Å². The van der Waals surface area contributed by atoms with Gasteiger partial charge in [0.15, 0.2) is 0 Å². The highest BCUT2D eigenvalue weighted by Crippen LogP contribution is 2.28. The SMILES string of the molecule is CCCC(NC(=O)N(Cc1ccco1)C1CC1)C(=O)O. The molecule has 1 aliphatic rings. The Morgan fingerprint density at radius 1 is 1.55 bits per heavy atom. The van der Waals surface area contributed by atoms with Gasteiger partial charge in [-0.05, 0) is 31.4 Å². The Kier molecular flexibility index (Phi) is 4.65. The van der Waals surface area contributed by atoms with E-state index >= 15 is 0 Å². The van der Waals surface area contributed by atoms with Crippen LogP contribution in [-0.2, 0) is 11.3 Å². The molecule has 1 aromatic rings. The lowest BCUT2D eigenvalue weighted by atomic mass is 10.2. The molecule has 1 aliphatic carbocycles. The van der Waals surface area contributed by atoms with Crippen LogP contribution in [0.3, 0.4) is 0 Å². The standard InChI is InChI=1S/C14H20N2O4/c1-2-4-12(13(17)18)15-14(19)16(10-6-7-10)9-11-5-3-8-20-11/h3,5,8,10,12H,2,4,6-7,9H2,1H3,(H,15,19)(H,17,18). The lowest BCUT2D eigenvalue weighted by molar-refractivity contribution is -0.139. The molecule has 2 N–H and O–H groups in total. The van der Waals surface area contributed by atoms with Crippen molar-refractivity contribution in [3.63, 3.8) is 0 Å². The van der Waals surface area contributed by atoms with Gasteiger partial charge in [0.25, 0.3) is 0 Å². The molecule has 0 radical (unpaired) electrons. The lowest BCUT2D eigenvalue weighted by Gasteiger charge is -2.24. The van der Waals surface area contributed by atoms with Crippen LogP contribution in [0.5, 0.6) is 0 Å². The van der Waals surface area contributed by atoms with Gasteiger partial charge in [0.1, 0.15) is 11.8 Å². The number of nitrogens with zero attached hydrogens (tertiary/aromatic N) is 1. The molecule has 2 rings (SSSR count). The first-order chi connectivity index (χ1) is 9.61. The number of carboxylic acids is 1. The van der Waals surface area contributed by atoms with E-state index in [0.29, 0.717) is 25.1 Å². The number of hydrogen-bond donors (Lipinski definition) is 2. The molecule has 0 saturated heterocycles. The number of carboxylic acid groups (broad SMARTS) is 1.